The lowest BCUT2D eigenvalue weighted by molar-refractivity contribution is 0.112. The van der Waals surface area contributed by atoms with Crippen molar-refractivity contribution in [2.24, 2.45) is 5.92 Å². The summed E-state index contributed by atoms with van der Waals surface area (Å²) in [5.74, 6) is 0.992. The minimum Gasteiger partial charge on any atom is -0.297 e. The van der Waals surface area contributed by atoms with E-state index >= 15 is 0 Å². The normalized spacial score (nSPS) is 13.9. The lowest BCUT2D eigenvalue weighted by Crippen LogP contribution is -1.80. The van der Waals surface area contributed by atoms with Gasteiger partial charge in [0.2, 0.25) is 0 Å². The van der Waals surface area contributed by atoms with Crippen LogP contribution in [0.15, 0.2) is 35.0 Å². The molecule has 1 aliphatic carbocycles. The molecule has 2 aromatic rings. The molecule has 3 rings (SSSR count). The van der Waals surface area contributed by atoms with Gasteiger partial charge in [0.25, 0.3) is 0 Å². The molecule has 90 valence electrons. The average molecular weight is 264 g/mol. The van der Waals surface area contributed by atoms with Crippen LogP contribution in [0, 0.1) is 5.92 Å². The first-order chi connectivity index (χ1) is 8.38. The van der Waals surface area contributed by atoms with E-state index in [9.17, 15) is 4.79 Å². The monoisotopic (exact) mass is 264 g/mol. The van der Waals surface area contributed by atoms with E-state index in [-0.39, 0.29) is 0 Å². The van der Waals surface area contributed by atoms with Crippen LogP contribution in [0.5, 0.6) is 0 Å². The Morgan fingerprint density at radius 3 is 2.47 bits per heavy atom. The summed E-state index contributed by atoms with van der Waals surface area (Å²) in [6.45, 7) is 0. The molecule has 1 nitrogen and oxygen atoms in total. The summed E-state index contributed by atoms with van der Waals surface area (Å²) in [4.78, 5) is 12.6. The fourth-order valence-corrected chi connectivity index (χ4v) is 2.87. The molecule has 2 aromatic heterocycles. The highest BCUT2D eigenvalue weighted by Crippen LogP contribution is 2.34. The lowest BCUT2D eigenvalue weighted by Gasteiger charge is -1.92. The molecule has 17 heavy (non-hydrogen) atoms. The van der Waals surface area contributed by atoms with Crippen molar-refractivity contribution in [3.8, 4) is 0 Å². The highest BCUT2D eigenvalue weighted by molar-refractivity contribution is 7.13. The predicted molar refractivity (Wildman–Crippen MR) is 75.1 cm³/mol. The molecule has 0 unspecified atom stereocenters. The van der Waals surface area contributed by atoms with Crippen molar-refractivity contribution in [1.82, 2.24) is 0 Å². The Balaban J connectivity index is 0.000000181. The number of thiophene rings is 2. The Morgan fingerprint density at radius 1 is 1.24 bits per heavy atom. The number of rotatable bonds is 4. The molecule has 0 amide bonds. The van der Waals surface area contributed by atoms with Gasteiger partial charge in [-0.05, 0) is 41.7 Å². The van der Waals surface area contributed by atoms with Gasteiger partial charge < -0.3 is 0 Å². The summed E-state index contributed by atoms with van der Waals surface area (Å²) >= 11 is 3.35. The molecular weight excluding hydrogens is 248 g/mol. The van der Waals surface area contributed by atoms with Crippen LogP contribution in [0.1, 0.15) is 33.8 Å². The Kier molecular flexibility index (Phi) is 4.95. The van der Waals surface area contributed by atoms with E-state index in [0.717, 1.165) is 17.1 Å². The largest absolute Gasteiger partial charge is 0.297 e. The smallest absolute Gasteiger partial charge is 0.160 e. The van der Waals surface area contributed by atoms with Crippen molar-refractivity contribution < 1.29 is 4.79 Å². The third-order valence-electron chi connectivity index (χ3n) is 2.72. The van der Waals surface area contributed by atoms with Crippen molar-refractivity contribution in [3.63, 3.8) is 0 Å². The zero-order valence-electron chi connectivity index (χ0n) is 9.67. The molecule has 0 bridgehead atoms. The number of hydrogen-bond acceptors (Lipinski definition) is 3. The van der Waals surface area contributed by atoms with Gasteiger partial charge in [-0.2, -0.15) is 11.3 Å². The van der Waals surface area contributed by atoms with Crippen molar-refractivity contribution in [2.75, 3.05) is 0 Å². The third kappa shape index (κ3) is 4.84. The second-order valence-electron chi connectivity index (χ2n) is 4.20. The van der Waals surface area contributed by atoms with Crippen molar-refractivity contribution in [2.45, 2.75) is 25.7 Å². The third-order valence-corrected chi connectivity index (χ3v) is 4.42. The average Bonchev–Trinajstić information content (AvgIpc) is 2.89. The molecule has 2 heterocycles. The van der Waals surface area contributed by atoms with E-state index in [1.54, 1.807) is 22.7 Å². The second kappa shape index (κ2) is 6.72. The van der Waals surface area contributed by atoms with E-state index in [1.165, 1.54) is 30.6 Å². The molecule has 0 atom stereocenters. The van der Waals surface area contributed by atoms with Gasteiger partial charge in [0.05, 0.1) is 4.88 Å². The number of carbonyl (C=O) groups is 1. The number of carbonyl (C=O) groups excluding carboxylic acids is 1. The van der Waals surface area contributed by atoms with Gasteiger partial charge in [-0.25, -0.2) is 0 Å². The van der Waals surface area contributed by atoms with Gasteiger partial charge in [0.1, 0.15) is 0 Å². The maximum Gasteiger partial charge on any atom is 0.160 e. The minimum atomic E-state index is 0.862. The summed E-state index contributed by atoms with van der Waals surface area (Å²) < 4.78 is 0. The van der Waals surface area contributed by atoms with E-state index in [4.69, 9.17) is 0 Å². The van der Waals surface area contributed by atoms with Crippen LogP contribution in [-0.4, -0.2) is 6.29 Å². The summed E-state index contributed by atoms with van der Waals surface area (Å²) in [6.07, 6.45) is 6.27. The number of hydrogen-bond donors (Lipinski definition) is 0. The van der Waals surface area contributed by atoms with Gasteiger partial charge in [-0.3, -0.25) is 4.79 Å². The molecule has 0 N–H and O–H groups in total. The highest BCUT2D eigenvalue weighted by atomic mass is 32.1. The fraction of sp³-hybridized carbons (Fsp3) is 0.357. The van der Waals surface area contributed by atoms with Gasteiger partial charge in [0, 0.05) is 4.88 Å². The standard InChI is InChI=1S/C10H12OS.C4H4S/c11-7-10-6-5-9(12-10)4-3-8-1-2-8;1-2-4-5-3-1/h5-8H,1-4H2;1-4H. The lowest BCUT2D eigenvalue weighted by atomic mass is 10.2. The molecule has 0 spiro atoms. The van der Waals surface area contributed by atoms with E-state index in [2.05, 4.69) is 6.07 Å². The highest BCUT2D eigenvalue weighted by Gasteiger charge is 2.20. The molecule has 1 fully saturated rings. The Hall–Kier alpha value is -0.930. The van der Waals surface area contributed by atoms with Crippen molar-refractivity contribution in [3.05, 3.63) is 44.8 Å². The van der Waals surface area contributed by atoms with E-state index < -0.39 is 0 Å². The molecule has 0 aromatic carbocycles. The van der Waals surface area contributed by atoms with Crippen LogP contribution in [0.2, 0.25) is 0 Å². The number of aldehydes is 1. The first-order valence-electron chi connectivity index (χ1n) is 5.89. The van der Waals surface area contributed by atoms with E-state index in [1.807, 2.05) is 29.0 Å². The van der Waals surface area contributed by atoms with Crippen LogP contribution in [0.3, 0.4) is 0 Å². The Bertz CT molecular complexity index is 410. The Morgan fingerprint density at radius 2 is 2.00 bits per heavy atom. The van der Waals surface area contributed by atoms with Gasteiger partial charge in [-0.1, -0.05) is 25.0 Å². The SMILES string of the molecule is O=Cc1ccc(CCC2CC2)s1.c1ccsc1. The number of aryl methyl sites for hydroxylation is 1. The fourth-order valence-electron chi connectivity index (χ4n) is 1.57. The van der Waals surface area contributed by atoms with E-state index in [0.29, 0.717) is 0 Å². The van der Waals surface area contributed by atoms with Crippen LogP contribution in [0.25, 0.3) is 0 Å². The van der Waals surface area contributed by atoms with Crippen molar-refractivity contribution in [1.29, 1.82) is 0 Å². The van der Waals surface area contributed by atoms with Crippen molar-refractivity contribution >= 4 is 29.0 Å². The first-order valence-corrected chi connectivity index (χ1v) is 7.65. The predicted octanol–water partition coefficient (Wildman–Crippen LogP) is 4.65. The summed E-state index contributed by atoms with van der Waals surface area (Å²) in [5.41, 5.74) is 0. The molecular formula is C14H16OS2. The van der Waals surface area contributed by atoms with Gasteiger partial charge in [0.15, 0.2) is 6.29 Å². The second-order valence-corrected chi connectivity index (χ2v) is 6.21. The quantitative estimate of drug-likeness (QED) is 0.735. The summed E-state index contributed by atoms with van der Waals surface area (Å²) in [5, 5.41) is 4.08. The zero-order valence-corrected chi connectivity index (χ0v) is 11.3. The molecule has 0 aliphatic heterocycles. The van der Waals surface area contributed by atoms with Gasteiger partial charge in [-0.15, -0.1) is 11.3 Å². The van der Waals surface area contributed by atoms with Crippen LogP contribution >= 0.6 is 22.7 Å². The van der Waals surface area contributed by atoms with Crippen LogP contribution in [-0.2, 0) is 6.42 Å². The molecule has 1 aliphatic rings. The Labute approximate surface area is 110 Å². The maximum absolute atomic E-state index is 10.4. The summed E-state index contributed by atoms with van der Waals surface area (Å²) in [6, 6.07) is 8.03. The maximum atomic E-state index is 10.4. The molecule has 0 radical (unpaired) electrons. The summed E-state index contributed by atoms with van der Waals surface area (Å²) in [7, 11) is 0. The molecule has 1 saturated carbocycles. The topological polar surface area (TPSA) is 17.1 Å². The molecule has 3 heteroatoms. The first kappa shape index (κ1) is 12.5. The zero-order chi connectivity index (χ0) is 11.9. The molecule has 0 saturated heterocycles. The minimum absolute atomic E-state index is 0.862. The van der Waals surface area contributed by atoms with Crippen LogP contribution < -0.4 is 0 Å². The van der Waals surface area contributed by atoms with Crippen LogP contribution in [0.4, 0.5) is 0 Å². The van der Waals surface area contributed by atoms with Gasteiger partial charge >= 0.3 is 0 Å².